The number of carbonyl (C=O) groups is 2. The van der Waals surface area contributed by atoms with Crippen LogP contribution in [0.1, 0.15) is 25.0 Å². The molecule has 4 rings (SSSR count). The molecule has 4 aromatic carbocycles. The molecule has 4 aromatic rings. The van der Waals surface area contributed by atoms with Crippen LogP contribution in [0.25, 0.3) is 0 Å². The molecule has 0 spiro atoms. The molecular weight excluding hydrogens is 638 g/mol. The number of anilines is 1. The van der Waals surface area contributed by atoms with Gasteiger partial charge in [-0.05, 0) is 71.6 Å². The maximum atomic E-state index is 14.6. The second-order valence-electron chi connectivity index (χ2n) is 11.4. The van der Waals surface area contributed by atoms with E-state index in [4.69, 9.17) is 21.1 Å². The van der Waals surface area contributed by atoms with Crippen LogP contribution in [0.15, 0.2) is 108 Å². The van der Waals surface area contributed by atoms with Crippen molar-refractivity contribution in [2.75, 3.05) is 31.6 Å². The Morgan fingerprint density at radius 3 is 2.11 bits per heavy atom. The summed E-state index contributed by atoms with van der Waals surface area (Å²) >= 11 is 6.30. The lowest BCUT2D eigenvalue weighted by molar-refractivity contribution is -0.140. The molecule has 0 saturated heterocycles. The number of ether oxygens (including phenoxy) is 2. The Labute approximate surface area is 282 Å². The molecule has 248 valence electrons. The van der Waals surface area contributed by atoms with E-state index in [9.17, 15) is 18.0 Å². The van der Waals surface area contributed by atoms with Crippen molar-refractivity contribution in [2.45, 2.75) is 37.8 Å². The van der Waals surface area contributed by atoms with E-state index in [0.29, 0.717) is 28.6 Å². The Morgan fingerprint density at radius 1 is 0.809 bits per heavy atom. The number of halogens is 1. The van der Waals surface area contributed by atoms with Gasteiger partial charge in [-0.2, -0.15) is 0 Å². The number of nitrogens with zero attached hydrogens (tertiary/aromatic N) is 2. The van der Waals surface area contributed by atoms with Gasteiger partial charge in [-0.1, -0.05) is 74.0 Å². The molecule has 0 aliphatic heterocycles. The molecular formula is C36H40ClN3O6S. The quantitative estimate of drug-likeness (QED) is 0.166. The van der Waals surface area contributed by atoms with Crippen molar-refractivity contribution in [3.63, 3.8) is 0 Å². The number of sulfonamides is 1. The molecule has 0 heterocycles. The van der Waals surface area contributed by atoms with Gasteiger partial charge in [0.25, 0.3) is 10.0 Å². The number of carbonyl (C=O) groups excluding carboxylic acids is 2. The summed E-state index contributed by atoms with van der Waals surface area (Å²) in [5.74, 6) is 0.319. The molecule has 11 heteroatoms. The second-order valence-corrected chi connectivity index (χ2v) is 13.7. The van der Waals surface area contributed by atoms with Crippen LogP contribution in [0.3, 0.4) is 0 Å². The lowest BCUT2D eigenvalue weighted by atomic mass is 10.0. The first-order chi connectivity index (χ1) is 22.5. The van der Waals surface area contributed by atoms with Crippen LogP contribution in [0.2, 0.25) is 5.02 Å². The SMILES string of the molecule is COc1ccc(S(=O)(=O)N(CC(=O)N(Cc2cccc(OC)c2)C(Cc2ccccc2)C(=O)NCC(C)C)c2cccc(Cl)c2)cc1. The van der Waals surface area contributed by atoms with E-state index in [1.807, 2.05) is 50.2 Å². The van der Waals surface area contributed by atoms with E-state index in [-0.39, 0.29) is 35.4 Å². The minimum Gasteiger partial charge on any atom is -0.497 e. The largest absolute Gasteiger partial charge is 0.497 e. The van der Waals surface area contributed by atoms with Gasteiger partial charge in [0.05, 0.1) is 24.8 Å². The smallest absolute Gasteiger partial charge is 0.264 e. The van der Waals surface area contributed by atoms with Crippen LogP contribution in [-0.4, -0.2) is 58.5 Å². The van der Waals surface area contributed by atoms with E-state index in [1.165, 1.54) is 42.3 Å². The lowest BCUT2D eigenvalue weighted by Crippen LogP contribution is -2.53. The van der Waals surface area contributed by atoms with Gasteiger partial charge in [0.2, 0.25) is 11.8 Å². The Morgan fingerprint density at radius 2 is 1.47 bits per heavy atom. The van der Waals surface area contributed by atoms with Gasteiger partial charge in [0.1, 0.15) is 24.1 Å². The number of amides is 2. The average molecular weight is 678 g/mol. The molecule has 0 aliphatic rings. The molecule has 0 fully saturated rings. The molecule has 0 bridgehead atoms. The van der Waals surface area contributed by atoms with E-state index >= 15 is 0 Å². The summed E-state index contributed by atoms with van der Waals surface area (Å²) in [6.07, 6.45) is 0.211. The van der Waals surface area contributed by atoms with Crippen molar-refractivity contribution >= 4 is 39.1 Å². The van der Waals surface area contributed by atoms with Gasteiger partial charge in [-0.25, -0.2) is 8.42 Å². The fourth-order valence-electron chi connectivity index (χ4n) is 4.98. The second kappa shape index (κ2) is 16.3. The van der Waals surface area contributed by atoms with Crippen LogP contribution < -0.4 is 19.1 Å². The predicted molar refractivity (Wildman–Crippen MR) is 184 cm³/mol. The van der Waals surface area contributed by atoms with Crippen molar-refractivity contribution < 1.29 is 27.5 Å². The fourth-order valence-corrected chi connectivity index (χ4v) is 6.57. The molecule has 0 radical (unpaired) electrons. The predicted octanol–water partition coefficient (Wildman–Crippen LogP) is 5.96. The van der Waals surface area contributed by atoms with Crippen LogP contribution >= 0.6 is 11.6 Å². The maximum absolute atomic E-state index is 14.6. The van der Waals surface area contributed by atoms with Gasteiger partial charge in [0, 0.05) is 24.5 Å². The summed E-state index contributed by atoms with van der Waals surface area (Å²) in [5.41, 5.74) is 1.75. The molecule has 2 amide bonds. The third-order valence-electron chi connectivity index (χ3n) is 7.47. The molecule has 0 saturated carbocycles. The Bertz CT molecular complexity index is 1750. The zero-order chi connectivity index (χ0) is 34.0. The number of benzene rings is 4. The summed E-state index contributed by atoms with van der Waals surface area (Å²) in [6, 6.07) is 27.9. The highest BCUT2D eigenvalue weighted by Gasteiger charge is 2.35. The normalized spacial score (nSPS) is 11.9. The lowest BCUT2D eigenvalue weighted by Gasteiger charge is -2.34. The Hall–Kier alpha value is -4.54. The van der Waals surface area contributed by atoms with Crippen molar-refractivity contribution in [1.82, 2.24) is 10.2 Å². The van der Waals surface area contributed by atoms with Gasteiger partial charge >= 0.3 is 0 Å². The molecule has 47 heavy (non-hydrogen) atoms. The summed E-state index contributed by atoms with van der Waals surface area (Å²) in [6.45, 7) is 3.80. The molecule has 1 atom stereocenters. The first-order valence-corrected chi connectivity index (χ1v) is 17.0. The number of nitrogens with one attached hydrogen (secondary N) is 1. The van der Waals surface area contributed by atoms with E-state index in [1.54, 1.807) is 43.5 Å². The van der Waals surface area contributed by atoms with Gasteiger partial charge in [-0.15, -0.1) is 0 Å². The Kier molecular flexibility index (Phi) is 12.3. The monoisotopic (exact) mass is 677 g/mol. The summed E-state index contributed by atoms with van der Waals surface area (Å²) in [4.78, 5) is 29.9. The highest BCUT2D eigenvalue weighted by Crippen LogP contribution is 2.28. The molecule has 0 aliphatic carbocycles. The zero-order valence-corrected chi connectivity index (χ0v) is 28.5. The summed E-state index contributed by atoms with van der Waals surface area (Å²) in [5, 5.41) is 3.29. The zero-order valence-electron chi connectivity index (χ0n) is 26.9. The number of rotatable bonds is 15. The highest BCUT2D eigenvalue weighted by atomic mass is 35.5. The van der Waals surface area contributed by atoms with E-state index < -0.39 is 28.5 Å². The van der Waals surface area contributed by atoms with E-state index in [2.05, 4.69) is 5.32 Å². The minimum absolute atomic E-state index is 0.0224. The molecule has 0 aromatic heterocycles. The minimum atomic E-state index is -4.28. The van der Waals surface area contributed by atoms with Gasteiger partial charge < -0.3 is 19.7 Å². The van der Waals surface area contributed by atoms with Crippen LogP contribution in [0.4, 0.5) is 5.69 Å². The van der Waals surface area contributed by atoms with Crippen LogP contribution in [-0.2, 0) is 32.6 Å². The number of methoxy groups -OCH3 is 2. The van der Waals surface area contributed by atoms with E-state index in [0.717, 1.165) is 9.87 Å². The first-order valence-electron chi connectivity index (χ1n) is 15.2. The fraction of sp³-hybridized carbons (Fsp3) is 0.278. The molecule has 9 nitrogen and oxygen atoms in total. The van der Waals surface area contributed by atoms with Gasteiger partial charge in [0.15, 0.2) is 0 Å². The van der Waals surface area contributed by atoms with Crippen LogP contribution in [0, 0.1) is 5.92 Å². The van der Waals surface area contributed by atoms with Gasteiger partial charge in [-0.3, -0.25) is 13.9 Å². The molecule has 1 N–H and O–H groups in total. The summed E-state index contributed by atoms with van der Waals surface area (Å²) in [7, 11) is -1.25. The number of hydrogen-bond acceptors (Lipinski definition) is 6. The van der Waals surface area contributed by atoms with Crippen molar-refractivity contribution in [3.05, 3.63) is 119 Å². The van der Waals surface area contributed by atoms with Crippen molar-refractivity contribution in [1.29, 1.82) is 0 Å². The van der Waals surface area contributed by atoms with Crippen molar-refractivity contribution in [2.24, 2.45) is 5.92 Å². The van der Waals surface area contributed by atoms with Crippen LogP contribution in [0.5, 0.6) is 11.5 Å². The third kappa shape index (κ3) is 9.49. The number of hydrogen-bond donors (Lipinski definition) is 1. The summed E-state index contributed by atoms with van der Waals surface area (Å²) < 4.78 is 40.0. The highest BCUT2D eigenvalue weighted by molar-refractivity contribution is 7.92. The average Bonchev–Trinajstić information content (AvgIpc) is 3.08. The third-order valence-corrected chi connectivity index (χ3v) is 9.49. The molecule has 1 unspecified atom stereocenters. The maximum Gasteiger partial charge on any atom is 0.264 e. The Balaban J connectivity index is 1.81. The standard InChI is InChI=1S/C36H40ClN3O6S/c1-26(2)23-38-36(42)34(21-27-10-6-5-7-11-27)39(24-28-12-8-15-32(20-28)46-4)35(41)25-40(30-14-9-13-29(37)22-30)47(43,44)33-18-16-31(45-3)17-19-33/h5-20,22,26,34H,21,23-25H2,1-4H3,(H,38,42). The first kappa shape index (κ1) is 35.3. The topological polar surface area (TPSA) is 105 Å². The van der Waals surface area contributed by atoms with Crippen molar-refractivity contribution in [3.8, 4) is 11.5 Å².